The number of aryl methyl sites for hydroxylation is 1. The molecule has 1 aliphatic rings. The van der Waals surface area contributed by atoms with Crippen molar-refractivity contribution in [3.8, 4) is 0 Å². The van der Waals surface area contributed by atoms with Crippen molar-refractivity contribution in [2.75, 3.05) is 17.7 Å². The van der Waals surface area contributed by atoms with Gasteiger partial charge in [0.05, 0.1) is 5.39 Å². The Kier molecular flexibility index (Phi) is 3.78. The molecule has 2 unspecified atom stereocenters. The molecule has 2 atom stereocenters. The SMILES string of the molecule is CCc1cc2c(NC3CCCC3C)nc(NC)nc2s1. The zero-order chi connectivity index (χ0) is 14.1. The topological polar surface area (TPSA) is 49.8 Å². The second-order valence-corrected chi connectivity index (χ2v) is 6.71. The smallest absolute Gasteiger partial charge is 0.225 e. The molecule has 5 heteroatoms. The van der Waals surface area contributed by atoms with Gasteiger partial charge in [0, 0.05) is 18.0 Å². The number of nitrogens with one attached hydrogen (secondary N) is 2. The second-order valence-electron chi connectivity index (χ2n) is 5.59. The Morgan fingerprint density at radius 2 is 2.20 bits per heavy atom. The molecule has 3 rings (SSSR count). The highest BCUT2D eigenvalue weighted by Gasteiger charge is 2.24. The van der Waals surface area contributed by atoms with E-state index in [-0.39, 0.29) is 0 Å². The van der Waals surface area contributed by atoms with Gasteiger partial charge in [-0.25, -0.2) is 4.98 Å². The van der Waals surface area contributed by atoms with Gasteiger partial charge in [-0.2, -0.15) is 4.98 Å². The molecule has 1 fully saturated rings. The highest BCUT2D eigenvalue weighted by atomic mass is 32.1. The summed E-state index contributed by atoms with van der Waals surface area (Å²) in [6.07, 6.45) is 4.92. The molecule has 2 aromatic rings. The van der Waals surface area contributed by atoms with Gasteiger partial charge < -0.3 is 10.6 Å². The summed E-state index contributed by atoms with van der Waals surface area (Å²) in [5, 5.41) is 7.90. The van der Waals surface area contributed by atoms with Crippen LogP contribution < -0.4 is 10.6 Å². The first kappa shape index (κ1) is 13.6. The van der Waals surface area contributed by atoms with Crippen molar-refractivity contribution in [3.63, 3.8) is 0 Å². The lowest BCUT2D eigenvalue weighted by molar-refractivity contribution is 0.555. The van der Waals surface area contributed by atoms with Gasteiger partial charge in [0.15, 0.2) is 0 Å². The van der Waals surface area contributed by atoms with E-state index in [4.69, 9.17) is 0 Å². The highest BCUT2D eigenvalue weighted by Crippen LogP contribution is 2.33. The molecule has 1 aliphatic carbocycles. The fraction of sp³-hybridized carbons (Fsp3) is 0.600. The van der Waals surface area contributed by atoms with Crippen molar-refractivity contribution in [2.24, 2.45) is 5.92 Å². The van der Waals surface area contributed by atoms with Gasteiger partial charge in [0.25, 0.3) is 0 Å². The summed E-state index contributed by atoms with van der Waals surface area (Å²) in [6.45, 7) is 4.51. The Bertz CT molecular complexity index is 607. The largest absolute Gasteiger partial charge is 0.366 e. The molecule has 0 spiro atoms. The van der Waals surface area contributed by atoms with Gasteiger partial charge in [-0.3, -0.25) is 0 Å². The Hall–Kier alpha value is -1.36. The van der Waals surface area contributed by atoms with Crippen LogP contribution >= 0.6 is 11.3 Å². The van der Waals surface area contributed by atoms with E-state index in [1.54, 1.807) is 11.3 Å². The Labute approximate surface area is 124 Å². The molecule has 0 radical (unpaired) electrons. The van der Waals surface area contributed by atoms with E-state index < -0.39 is 0 Å². The molecule has 2 heterocycles. The maximum absolute atomic E-state index is 4.64. The number of hydrogen-bond acceptors (Lipinski definition) is 5. The number of fused-ring (bicyclic) bond motifs is 1. The number of rotatable bonds is 4. The third-order valence-corrected chi connectivity index (χ3v) is 5.37. The lowest BCUT2D eigenvalue weighted by Gasteiger charge is -2.18. The Balaban J connectivity index is 2.00. The molecule has 2 aromatic heterocycles. The average molecular weight is 290 g/mol. The van der Waals surface area contributed by atoms with Gasteiger partial charge in [-0.05, 0) is 31.2 Å². The number of thiophene rings is 1. The first-order chi connectivity index (χ1) is 9.71. The van der Waals surface area contributed by atoms with E-state index in [0.29, 0.717) is 12.0 Å². The minimum atomic E-state index is 0.544. The molecule has 108 valence electrons. The van der Waals surface area contributed by atoms with E-state index in [1.807, 2.05) is 7.05 Å². The highest BCUT2D eigenvalue weighted by molar-refractivity contribution is 7.18. The summed E-state index contributed by atoms with van der Waals surface area (Å²) in [7, 11) is 1.87. The fourth-order valence-electron chi connectivity index (χ4n) is 2.90. The fourth-order valence-corrected chi connectivity index (χ4v) is 3.87. The number of aromatic nitrogens is 2. The number of nitrogens with zero attached hydrogens (tertiary/aromatic N) is 2. The van der Waals surface area contributed by atoms with Crippen molar-refractivity contribution >= 4 is 33.3 Å². The number of anilines is 2. The van der Waals surface area contributed by atoms with Crippen LogP contribution in [-0.4, -0.2) is 23.1 Å². The van der Waals surface area contributed by atoms with Crippen molar-refractivity contribution in [1.29, 1.82) is 0 Å². The predicted molar refractivity (Wildman–Crippen MR) is 86.8 cm³/mol. The van der Waals surface area contributed by atoms with Crippen LogP contribution in [0.2, 0.25) is 0 Å². The minimum Gasteiger partial charge on any atom is -0.366 e. The quantitative estimate of drug-likeness (QED) is 0.896. The van der Waals surface area contributed by atoms with Gasteiger partial charge in [-0.15, -0.1) is 11.3 Å². The van der Waals surface area contributed by atoms with Crippen molar-refractivity contribution in [3.05, 3.63) is 10.9 Å². The summed E-state index contributed by atoms with van der Waals surface area (Å²) in [5.74, 6) is 2.42. The third kappa shape index (κ3) is 2.46. The standard InChI is InChI=1S/C15H22N4S/c1-4-10-8-11-13(17-12-7-5-6-9(12)2)18-15(16-3)19-14(11)20-10/h8-9,12H,4-7H2,1-3H3,(H2,16,17,18,19). The van der Waals surface area contributed by atoms with Crippen molar-refractivity contribution < 1.29 is 0 Å². The maximum atomic E-state index is 4.64. The maximum Gasteiger partial charge on any atom is 0.225 e. The van der Waals surface area contributed by atoms with E-state index in [0.717, 1.165) is 23.0 Å². The molecule has 1 saturated carbocycles. The van der Waals surface area contributed by atoms with Crippen LogP contribution in [0.4, 0.5) is 11.8 Å². The molecule has 0 aromatic carbocycles. The van der Waals surface area contributed by atoms with Crippen LogP contribution in [0.3, 0.4) is 0 Å². The van der Waals surface area contributed by atoms with E-state index in [2.05, 4.69) is 40.5 Å². The van der Waals surface area contributed by atoms with Crippen LogP contribution in [0.5, 0.6) is 0 Å². The van der Waals surface area contributed by atoms with Crippen LogP contribution in [0.25, 0.3) is 10.2 Å². The van der Waals surface area contributed by atoms with Gasteiger partial charge >= 0.3 is 0 Å². The van der Waals surface area contributed by atoms with Crippen LogP contribution in [-0.2, 0) is 6.42 Å². The van der Waals surface area contributed by atoms with E-state index in [1.165, 1.54) is 29.5 Å². The molecule has 4 nitrogen and oxygen atoms in total. The summed E-state index contributed by atoms with van der Waals surface area (Å²) in [5.41, 5.74) is 0. The lowest BCUT2D eigenvalue weighted by Crippen LogP contribution is -2.22. The monoisotopic (exact) mass is 290 g/mol. The normalized spacial score (nSPS) is 22.4. The molecule has 0 bridgehead atoms. The van der Waals surface area contributed by atoms with E-state index in [9.17, 15) is 0 Å². The summed E-state index contributed by atoms with van der Waals surface area (Å²) in [6, 6.07) is 2.78. The van der Waals surface area contributed by atoms with Crippen LogP contribution in [0.1, 0.15) is 38.0 Å². The molecule has 2 N–H and O–H groups in total. The van der Waals surface area contributed by atoms with Crippen molar-refractivity contribution in [2.45, 2.75) is 45.6 Å². The average Bonchev–Trinajstić information content (AvgIpc) is 3.05. The molecular weight excluding hydrogens is 268 g/mol. The molecule has 0 amide bonds. The number of hydrogen-bond donors (Lipinski definition) is 2. The predicted octanol–water partition coefficient (Wildman–Crippen LogP) is 3.90. The zero-order valence-corrected chi connectivity index (χ0v) is 13.2. The summed E-state index contributed by atoms with van der Waals surface area (Å²) < 4.78 is 0. The Morgan fingerprint density at radius 3 is 2.85 bits per heavy atom. The van der Waals surface area contributed by atoms with Crippen molar-refractivity contribution in [1.82, 2.24) is 9.97 Å². The van der Waals surface area contributed by atoms with Gasteiger partial charge in [0.1, 0.15) is 10.6 Å². The molecular formula is C15H22N4S. The Morgan fingerprint density at radius 1 is 1.35 bits per heavy atom. The molecule has 20 heavy (non-hydrogen) atoms. The zero-order valence-electron chi connectivity index (χ0n) is 12.4. The third-order valence-electron chi connectivity index (χ3n) is 4.20. The minimum absolute atomic E-state index is 0.544. The van der Waals surface area contributed by atoms with Gasteiger partial charge in [-0.1, -0.05) is 20.3 Å². The molecule has 0 saturated heterocycles. The summed E-state index contributed by atoms with van der Waals surface area (Å²) in [4.78, 5) is 11.7. The lowest BCUT2D eigenvalue weighted by atomic mass is 10.1. The summed E-state index contributed by atoms with van der Waals surface area (Å²) >= 11 is 1.77. The van der Waals surface area contributed by atoms with Gasteiger partial charge in [0.2, 0.25) is 5.95 Å². The van der Waals surface area contributed by atoms with E-state index >= 15 is 0 Å². The first-order valence-electron chi connectivity index (χ1n) is 7.46. The molecule has 0 aliphatic heterocycles. The second kappa shape index (κ2) is 5.56. The first-order valence-corrected chi connectivity index (χ1v) is 8.27. The van der Waals surface area contributed by atoms with Crippen LogP contribution in [0.15, 0.2) is 6.07 Å². The van der Waals surface area contributed by atoms with Crippen LogP contribution in [0, 0.1) is 5.92 Å².